The second-order valence-corrected chi connectivity index (χ2v) is 17.1. The van der Waals surface area contributed by atoms with Gasteiger partial charge in [0.05, 0.1) is 34.0 Å². The lowest BCUT2D eigenvalue weighted by molar-refractivity contribution is -0.145. The van der Waals surface area contributed by atoms with Gasteiger partial charge in [0.2, 0.25) is 0 Å². The first-order valence-electron chi connectivity index (χ1n) is 14.4. The monoisotopic (exact) mass is 824 g/mol. The molecule has 4 N–H and O–H groups in total. The van der Waals surface area contributed by atoms with E-state index >= 15 is 0 Å². The Bertz CT molecular complexity index is 1850. The molecule has 0 aliphatic heterocycles. The summed E-state index contributed by atoms with van der Waals surface area (Å²) < 4.78 is 36.4. The zero-order valence-corrected chi connectivity index (χ0v) is 32.6. The van der Waals surface area contributed by atoms with Crippen LogP contribution < -0.4 is 11.1 Å². The van der Waals surface area contributed by atoms with Crippen LogP contribution in [0.15, 0.2) is 45.1 Å². The third-order valence-electron chi connectivity index (χ3n) is 5.49. The third-order valence-corrected chi connectivity index (χ3v) is 10.2. The van der Waals surface area contributed by atoms with Crippen LogP contribution in [0.25, 0.3) is 0 Å². The highest BCUT2D eigenvalue weighted by Gasteiger charge is 2.32. The van der Waals surface area contributed by atoms with Crippen LogP contribution in [0.5, 0.6) is 0 Å². The normalized spacial score (nSPS) is 10.9. The summed E-state index contributed by atoms with van der Waals surface area (Å²) in [6.07, 6.45) is 3.19. The fourth-order valence-corrected chi connectivity index (χ4v) is 8.02. The quantitative estimate of drug-likeness (QED) is 0.0754. The van der Waals surface area contributed by atoms with Crippen LogP contribution in [0.4, 0.5) is 19.0 Å². The van der Waals surface area contributed by atoms with Gasteiger partial charge in [-0.05, 0) is 65.8 Å². The summed E-state index contributed by atoms with van der Waals surface area (Å²) in [5.41, 5.74) is 4.44. The van der Waals surface area contributed by atoms with Crippen LogP contribution >= 0.6 is 69.4 Å². The summed E-state index contributed by atoms with van der Waals surface area (Å²) in [7, 11) is 0. The van der Waals surface area contributed by atoms with Gasteiger partial charge in [0.25, 0.3) is 5.91 Å². The number of anilines is 2. The van der Waals surface area contributed by atoms with E-state index < -0.39 is 44.4 Å². The molecule has 0 fully saturated rings. The molecular formula is C30H32Cl2F2N6O7S4. The Hall–Kier alpha value is -3.62. The Kier molecular flexibility index (Phi) is 16.9. The molecule has 4 aromatic heterocycles. The number of thioether (sulfide) groups is 2. The Labute approximate surface area is 318 Å². The van der Waals surface area contributed by atoms with Crippen molar-refractivity contribution in [3.05, 3.63) is 70.0 Å². The van der Waals surface area contributed by atoms with E-state index in [-0.39, 0.29) is 27.4 Å². The number of esters is 2. The van der Waals surface area contributed by atoms with Crippen molar-refractivity contribution in [3.8, 4) is 0 Å². The Balaban J connectivity index is 0.000000293. The predicted molar refractivity (Wildman–Crippen MR) is 195 cm³/mol. The molecule has 0 saturated carbocycles. The number of aromatic carboxylic acids is 1. The molecule has 276 valence electrons. The zero-order valence-electron chi connectivity index (χ0n) is 27.8. The SMILES string of the molecule is CCOC(=O)C(C)(C)Sc1cnc(N)s1.CCOC(=O)C(C)(C)Sc1cnc(NC(=O)c2nc(Cl)ccc2F)s1.O=C(O)c1nc(Cl)ccc1F. The fraction of sp³-hybridized carbons (Fsp3) is 0.333. The maximum atomic E-state index is 13.7. The van der Waals surface area contributed by atoms with Crippen molar-refractivity contribution in [2.75, 3.05) is 24.3 Å². The van der Waals surface area contributed by atoms with E-state index in [1.807, 2.05) is 13.8 Å². The number of carbonyl (C=O) groups excluding carboxylic acids is 3. The van der Waals surface area contributed by atoms with Gasteiger partial charge in [0, 0.05) is 0 Å². The van der Waals surface area contributed by atoms with E-state index in [9.17, 15) is 28.0 Å². The van der Waals surface area contributed by atoms with Crippen molar-refractivity contribution >= 4 is 103 Å². The predicted octanol–water partition coefficient (Wildman–Crippen LogP) is 7.75. The van der Waals surface area contributed by atoms with Crippen molar-refractivity contribution < 1.29 is 42.5 Å². The highest BCUT2D eigenvalue weighted by atomic mass is 35.5. The fourth-order valence-electron chi connectivity index (χ4n) is 3.18. The standard InChI is InChI=1S/C15H15ClFN3O3S2.C9H14N2O2S2.C6H3ClFNO2/c1-4-23-13(22)15(2,3)25-10-7-18-14(24-10)20-12(21)11-8(17)5-6-9(16)19-11;1-4-13-7(12)9(2,3)15-6-5-11-8(10)14-6;7-4-2-1-3(8)5(9-4)6(10)11/h5-7H,4H2,1-3H3,(H,18,20,21);5H,4H2,1-3H3,(H2,10,11);1-2H,(H,10,11). The number of nitrogen functional groups attached to an aromatic ring is 1. The number of amides is 1. The smallest absolute Gasteiger partial charge is 0.357 e. The van der Waals surface area contributed by atoms with Gasteiger partial charge < -0.3 is 20.3 Å². The molecule has 13 nitrogen and oxygen atoms in total. The maximum Gasteiger partial charge on any atom is 0.357 e. The number of nitrogens with two attached hydrogens (primary N) is 1. The zero-order chi connectivity index (χ0) is 38.5. The number of hydrogen-bond donors (Lipinski definition) is 3. The molecule has 0 unspecified atom stereocenters. The van der Waals surface area contributed by atoms with Crippen molar-refractivity contribution in [2.45, 2.75) is 59.5 Å². The molecule has 4 aromatic rings. The average molecular weight is 826 g/mol. The lowest BCUT2D eigenvalue weighted by Crippen LogP contribution is -2.29. The van der Waals surface area contributed by atoms with E-state index in [4.69, 9.17) is 43.5 Å². The number of carboxylic acids is 1. The lowest BCUT2D eigenvalue weighted by atomic mass is 10.2. The number of aromatic nitrogens is 4. The molecule has 21 heteroatoms. The number of carboxylic acid groups (broad SMARTS) is 1. The number of halogens is 4. The minimum Gasteiger partial charge on any atom is -0.476 e. The molecule has 0 atom stereocenters. The van der Waals surface area contributed by atoms with Crippen LogP contribution in [-0.2, 0) is 19.1 Å². The summed E-state index contributed by atoms with van der Waals surface area (Å²) in [4.78, 5) is 60.7. The molecule has 0 spiro atoms. The highest BCUT2D eigenvalue weighted by molar-refractivity contribution is 8.03. The van der Waals surface area contributed by atoms with Gasteiger partial charge in [-0.1, -0.05) is 69.4 Å². The molecule has 0 saturated heterocycles. The summed E-state index contributed by atoms with van der Waals surface area (Å²) in [5.74, 6) is -4.41. The maximum absolute atomic E-state index is 13.7. The number of pyridine rings is 2. The first kappa shape index (κ1) is 43.5. The van der Waals surface area contributed by atoms with Gasteiger partial charge in [0.1, 0.15) is 19.8 Å². The molecular weight excluding hydrogens is 794 g/mol. The van der Waals surface area contributed by atoms with Gasteiger partial charge in [-0.2, -0.15) is 0 Å². The number of nitrogens with one attached hydrogen (secondary N) is 1. The third kappa shape index (κ3) is 14.1. The topological polar surface area (TPSA) is 197 Å². The van der Waals surface area contributed by atoms with E-state index in [0.717, 1.165) is 27.7 Å². The molecule has 0 bridgehead atoms. The molecule has 0 aromatic carbocycles. The minimum absolute atomic E-state index is 0.0121. The summed E-state index contributed by atoms with van der Waals surface area (Å²) >= 11 is 16.2. The lowest BCUT2D eigenvalue weighted by Gasteiger charge is -2.20. The minimum atomic E-state index is -1.43. The number of rotatable bonds is 11. The largest absolute Gasteiger partial charge is 0.476 e. The molecule has 4 heterocycles. The van der Waals surface area contributed by atoms with Crippen LogP contribution in [0.3, 0.4) is 0 Å². The average Bonchev–Trinajstić information content (AvgIpc) is 3.66. The molecule has 0 aliphatic rings. The number of ether oxygens (including phenoxy) is 2. The van der Waals surface area contributed by atoms with E-state index in [2.05, 4.69) is 25.3 Å². The first-order valence-corrected chi connectivity index (χ1v) is 18.4. The van der Waals surface area contributed by atoms with E-state index in [0.29, 0.717) is 22.6 Å². The summed E-state index contributed by atoms with van der Waals surface area (Å²) in [5, 5.41) is 11.5. The Morgan fingerprint density at radius 3 is 1.71 bits per heavy atom. The second-order valence-electron chi connectivity index (χ2n) is 10.4. The van der Waals surface area contributed by atoms with E-state index in [1.165, 1.54) is 53.2 Å². The van der Waals surface area contributed by atoms with Crippen molar-refractivity contribution in [3.63, 3.8) is 0 Å². The summed E-state index contributed by atoms with van der Waals surface area (Å²) in [6, 6.07) is 4.46. The number of thiazole rings is 2. The van der Waals surface area contributed by atoms with Crippen LogP contribution in [0.2, 0.25) is 10.3 Å². The number of hydrogen-bond acceptors (Lipinski definition) is 15. The van der Waals surface area contributed by atoms with Gasteiger partial charge in [-0.25, -0.2) is 33.5 Å². The van der Waals surface area contributed by atoms with Crippen molar-refractivity contribution in [1.29, 1.82) is 0 Å². The van der Waals surface area contributed by atoms with Crippen LogP contribution in [0, 0.1) is 11.6 Å². The number of carbonyl (C=O) groups is 4. The van der Waals surface area contributed by atoms with Crippen LogP contribution in [-0.4, -0.2) is 71.6 Å². The molecule has 0 aliphatic carbocycles. The van der Waals surface area contributed by atoms with Crippen LogP contribution in [0.1, 0.15) is 62.5 Å². The van der Waals surface area contributed by atoms with Gasteiger partial charge >= 0.3 is 17.9 Å². The molecule has 4 rings (SSSR count). The van der Waals surface area contributed by atoms with Crippen molar-refractivity contribution in [2.24, 2.45) is 0 Å². The first-order chi connectivity index (χ1) is 23.8. The summed E-state index contributed by atoms with van der Waals surface area (Å²) in [6.45, 7) is 11.3. The van der Waals surface area contributed by atoms with E-state index in [1.54, 1.807) is 33.9 Å². The molecule has 51 heavy (non-hydrogen) atoms. The Morgan fingerprint density at radius 2 is 1.27 bits per heavy atom. The molecule has 1 amide bonds. The highest BCUT2D eigenvalue weighted by Crippen LogP contribution is 2.39. The Morgan fingerprint density at radius 1 is 0.824 bits per heavy atom. The van der Waals surface area contributed by atoms with Gasteiger partial charge in [0.15, 0.2) is 33.3 Å². The van der Waals surface area contributed by atoms with Crippen molar-refractivity contribution in [1.82, 2.24) is 19.9 Å². The number of nitrogens with zero attached hydrogens (tertiary/aromatic N) is 4. The second kappa shape index (κ2) is 19.8. The van der Waals surface area contributed by atoms with Gasteiger partial charge in [-0.3, -0.25) is 19.7 Å². The molecule has 0 radical (unpaired) electrons. The van der Waals surface area contributed by atoms with Gasteiger partial charge in [-0.15, -0.1) is 0 Å².